The lowest BCUT2D eigenvalue weighted by Gasteiger charge is -2.12. The van der Waals surface area contributed by atoms with Gasteiger partial charge in [0, 0.05) is 18.2 Å². The summed E-state index contributed by atoms with van der Waals surface area (Å²) in [7, 11) is 0. The van der Waals surface area contributed by atoms with E-state index < -0.39 is 4.92 Å². The second-order valence-corrected chi connectivity index (χ2v) is 4.65. The van der Waals surface area contributed by atoms with Crippen LogP contribution in [0.4, 0.5) is 5.69 Å². The van der Waals surface area contributed by atoms with Crippen molar-refractivity contribution in [1.29, 1.82) is 0 Å². The summed E-state index contributed by atoms with van der Waals surface area (Å²) < 4.78 is 0. The fourth-order valence-electron chi connectivity index (χ4n) is 2.03. The predicted molar refractivity (Wildman–Crippen MR) is 74.9 cm³/mol. The van der Waals surface area contributed by atoms with Gasteiger partial charge in [-0.05, 0) is 24.5 Å². The molecule has 2 aromatic carbocycles. The molecule has 2 aromatic rings. The van der Waals surface area contributed by atoms with Crippen LogP contribution in [-0.4, -0.2) is 4.92 Å². The number of nitro benzene ring substituents is 1. The van der Waals surface area contributed by atoms with Crippen LogP contribution in [-0.2, 0) is 6.42 Å². The molecule has 0 spiro atoms. The van der Waals surface area contributed by atoms with Gasteiger partial charge in [0.1, 0.15) is 0 Å². The van der Waals surface area contributed by atoms with Gasteiger partial charge in [-0.25, -0.2) is 0 Å². The normalized spacial score (nSPS) is 12.1. The van der Waals surface area contributed by atoms with Gasteiger partial charge in [0.05, 0.1) is 4.92 Å². The Morgan fingerprint density at radius 2 is 1.89 bits per heavy atom. The van der Waals surface area contributed by atoms with Crippen LogP contribution in [0.2, 0.25) is 0 Å². The Balaban J connectivity index is 2.10. The van der Waals surface area contributed by atoms with Crippen molar-refractivity contribution in [3.8, 4) is 0 Å². The molecule has 0 aliphatic heterocycles. The molecular formula is C15H16N2O2. The Hall–Kier alpha value is -2.20. The first-order chi connectivity index (χ1) is 9.06. The van der Waals surface area contributed by atoms with E-state index in [1.807, 2.05) is 25.1 Å². The third kappa shape index (κ3) is 3.39. The summed E-state index contributed by atoms with van der Waals surface area (Å²) >= 11 is 0. The van der Waals surface area contributed by atoms with Crippen molar-refractivity contribution >= 4 is 5.69 Å². The third-order valence-corrected chi connectivity index (χ3v) is 3.07. The van der Waals surface area contributed by atoms with E-state index in [-0.39, 0.29) is 11.7 Å². The van der Waals surface area contributed by atoms with Crippen LogP contribution in [0, 0.1) is 17.0 Å². The number of aryl methyl sites for hydroxylation is 1. The van der Waals surface area contributed by atoms with Gasteiger partial charge < -0.3 is 5.73 Å². The fourth-order valence-corrected chi connectivity index (χ4v) is 2.03. The minimum absolute atomic E-state index is 0.0960. The second kappa shape index (κ2) is 5.63. The van der Waals surface area contributed by atoms with Crippen molar-refractivity contribution in [3.63, 3.8) is 0 Å². The Morgan fingerprint density at radius 1 is 1.21 bits per heavy atom. The molecule has 0 aliphatic rings. The predicted octanol–water partition coefficient (Wildman–Crippen LogP) is 3.15. The molecule has 0 radical (unpaired) electrons. The minimum Gasteiger partial charge on any atom is -0.324 e. The van der Waals surface area contributed by atoms with Crippen molar-refractivity contribution in [1.82, 2.24) is 0 Å². The maximum absolute atomic E-state index is 10.6. The molecule has 1 atom stereocenters. The first kappa shape index (κ1) is 13.2. The summed E-state index contributed by atoms with van der Waals surface area (Å²) in [6, 6.07) is 14.5. The number of nitrogens with two attached hydrogens (primary N) is 1. The third-order valence-electron chi connectivity index (χ3n) is 3.07. The highest BCUT2D eigenvalue weighted by Crippen LogP contribution is 2.19. The molecule has 1 unspecified atom stereocenters. The standard InChI is InChI=1S/C15H16N2O2/c1-11-3-2-4-13(9-11)15(16)10-12-5-7-14(8-6-12)17(18)19/h2-9,15H,10,16H2,1H3. The van der Waals surface area contributed by atoms with Crippen LogP contribution in [0.25, 0.3) is 0 Å². The summed E-state index contributed by atoms with van der Waals surface area (Å²) in [6.07, 6.45) is 0.668. The van der Waals surface area contributed by atoms with E-state index in [0.717, 1.165) is 11.1 Å². The summed E-state index contributed by atoms with van der Waals surface area (Å²) in [5, 5.41) is 10.6. The van der Waals surface area contributed by atoms with Crippen LogP contribution in [0.15, 0.2) is 48.5 Å². The van der Waals surface area contributed by atoms with E-state index in [2.05, 4.69) is 6.07 Å². The Morgan fingerprint density at radius 3 is 2.47 bits per heavy atom. The number of benzene rings is 2. The SMILES string of the molecule is Cc1cccc(C(N)Cc2ccc([N+](=O)[O-])cc2)c1. The molecule has 2 rings (SSSR count). The zero-order chi connectivity index (χ0) is 13.8. The lowest BCUT2D eigenvalue weighted by molar-refractivity contribution is -0.384. The van der Waals surface area contributed by atoms with E-state index in [4.69, 9.17) is 5.73 Å². The first-order valence-electron chi connectivity index (χ1n) is 6.12. The molecule has 2 N–H and O–H groups in total. The number of nitro groups is 1. The van der Waals surface area contributed by atoms with Gasteiger partial charge >= 0.3 is 0 Å². The minimum atomic E-state index is -0.399. The smallest absolute Gasteiger partial charge is 0.269 e. The summed E-state index contributed by atoms with van der Waals surface area (Å²) in [6.45, 7) is 2.03. The molecule has 0 saturated heterocycles. The summed E-state index contributed by atoms with van der Waals surface area (Å²) in [5.41, 5.74) is 9.52. The lowest BCUT2D eigenvalue weighted by atomic mass is 9.98. The number of nitrogens with zero attached hydrogens (tertiary/aromatic N) is 1. The molecule has 19 heavy (non-hydrogen) atoms. The van der Waals surface area contributed by atoms with Gasteiger partial charge in [-0.3, -0.25) is 10.1 Å². The summed E-state index contributed by atoms with van der Waals surface area (Å²) in [5.74, 6) is 0. The van der Waals surface area contributed by atoms with Gasteiger partial charge in [0.2, 0.25) is 0 Å². The van der Waals surface area contributed by atoms with Crippen molar-refractivity contribution < 1.29 is 4.92 Å². The Bertz CT molecular complexity index is 579. The molecule has 0 saturated carbocycles. The number of hydrogen-bond acceptors (Lipinski definition) is 3. The molecule has 0 bridgehead atoms. The molecule has 4 heteroatoms. The van der Waals surface area contributed by atoms with Crippen LogP contribution < -0.4 is 5.73 Å². The fraction of sp³-hybridized carbons (Fsp3) is 0.200. The molecule has 0 amide bonds. The van der Waals surface area contributed by atoms with E-state index in [0.29, 0.717) is 6.42 Å². The lowest BCUT2D eigenvalue weighted by Crippen LogP contribution is -2.13. The Labute approximate surface area is 112 Å². The Kier molecular flexibility index (Phi) is 3.92. The van der Waals surface area contributed by atoms with E-state index >= 15 is 0 Å². The maximum atomic E-state index is 10.6. The second-order valence-electron chi connectivity index (χ2n) is 4.65. The number of rotatable bonds is 4. The van der Waals surface area contributed by atoms with Crippen LogP contribution in [0.5, 0.6) is 0 Å². The molecule has 0 aromatic heterocycles. The van der Waals surface area contributed by atoms with Gasteiger partial charge in [-0.2, -0.15) is 0 Å². The molecule has 0 heterocycles. The van der Waals surface area contributed by atoms with E-state index in [9.17, 15) is 10.1 Å². The monoisotopic (exact) mass is 256 g/mol. The van der Waals surface area contributed by atoms with Gasteiger partial charge in [0.15, 0.2) is 0 Å². The number of non-ortho nitro benzene ring substituents is 1. The van der Waals surface area contributed by atoms with Crippen molar-refractivity contribution in [2.24, 2.45) is 5.73 Å². The highest BCUT2D eigenvalue weighted by molar-refractivity contribution is 5.34. The van der Waals surface area contributed by atoms with Crippen LogP contribution >= 0.6 is 0 Å². The topological polar surface area (TPSA) is 69.2 Å². The molecule has 4 nitrogen and oxygen atoms in total. The highest BCUT2D eigenvalue weighted by Gasteiger charge is 2.09. The quantitative estimate of drug-likeness (QED) is 0.674. The van der Waals surface area contributed by atoms with Crippen LogP contribution in [0.1, 0.15) is 22.7 Å². The zero-order valence-corrected chi connectivity index (χ0v) is 10.7. The van der Waals surface area contributed by atoms with Crippen molar-refractivity contribution in [2.45, 2.75) is 19.4 Å². The average molecular weight is 256 g/mol. The maximum Gasteiger partial charge on any atom is 0.269 e. The summed E-state index contributed by atoms with van der Waals surface area (Å²) in [4.78, 5) is 10.2. The van der Waals surface area contributed by atoms with Crippen molar-refractivity contribution in [3.05, 3.63) is 75.3 Å². The van der Waals surface area contributed by atoms with Crippen LogP contribution in [0.3, 0.4) is 0 Å². The van der Waals surface area contributed by atoms with Gasteiger partial charge in [0.25, 0.3) is 5.69 Å². The van der Waals surface area contributed by atoms with E-state index in [1.54, 1.807) is 12.1 Å². The molecule has 0 fully saturated rings. The van der Waals surface area contributed by atoms with E-state index in [1.165, 1.54) is 17.7 Å². The van der Waals surface area contributed by atoms with Gasteiger partial charge in [-0.15, -0.1) is 0 Å². The largest absolute Gasteiger partial charge is 0.324 e. The first-order valence-corrected chi connectivity index (χ1v) is 6.12. The zero-order valence-electron chi connectivity index (χ0n) is 10.7. The van der Waals surface area contributed by atoms with Crippen molar-refractivity contribution in [2.75, 3.05) is 0 Å². The molecule has 0 aliphatic carbocycles. The number of hydrogen-bond donors (Lipinski definition) is 1. The average Bonchev–Trinajstić information content (AvgIpc) is 2.39. The molecular weight excluding hydrogens is 240 g/mol. The van der Waals surface area contributed by atoms with Gasteiger partial charge in [-0.1, -0.05) is 42.0 Å². The molecule has 98 valence electrons. The highest BCUT2D eigenvalue weighted by atomic mass is 16.6.